The summed E-state index contributed by atoms with van der Waals surface area (Å²) in [4.78, 5) is 0. The zero-order chi connectivity index (χ0) is 11.5. The molecule has 0 saturated heterocycles. The van der Waals surface area contributed by atoms with Gasteiger partial charge in [0, 0.05) is 5.02 Å². The molecular formula is C10H12ClN5. The molecule has 2 rings (SSSR count). The Morgan fingerprint density at radius 1 is 1.44 bits per heavy atom. The fourth-order valence-corrected chi connectivity index (χ4v) is 1.66. The zero-order valence-electron chi connectivity index (χ0n) is 9.11. The number of halogens is 1. The molecule has 0 spiro atoms. The highest BCUT2D eigenvalue weighted by Crippen LogP contribution is 2.21. The van der Waals surface area contributed by atoms with Crippen LogP contribution in [-0.2, 0) is 6.54 Å². The van der Waals surface area contributed by atoms with Gasteiger partial charge in [0.25, 0.3) is 0 Å². The van der Waals surface area contributed by atoms with E-state index in [0.717, 1.165) is 17.1 Å². The summed E-state index contributed by atoms with van der Waals surface area (Å²) in [6.07, 6.45) is 0. The maximum atomic E-state index is 6.06. The Bertz CT molecular complexity index is 494. The fourth-order valence-electron chi connectivity index (χ4n) is 1.49. The van der Waals surface area contributed by atoms with Crippen molar-refractivity contribution in [3.05, 3.63) is 34.6 Å². The molecule has 0 radical (unpaired) electrons. The van der Waals surface area contributed by atoms with E-state index in [1.807, 2.05) is 32.2 Å². The molecule has 84 valence electrons. The van der Waals surface area contributed by atoms with E-state index in [4.69, 9.17) is 11.6 Å². The van der Waals surface area contributed by atoms with Crippen molar-refractivity contribution < 1.29 is 0 Å². The Hall–Kier alpha value is -1.46. The van der Waals surface area contributed by atoms with Crippen molar-refractivity contribution in [3.8, 4) is 5.69 Å². The van der Waals surface area contributed by atoms with E-state index < -0.39 is 0 Å². The Morgan fingerprint density at radius 2 is 2.25 bits per heavy atom. The second-order valence-corrected chi connectivity index (χ2v) is 3.83. The maximum Gasteiger partial charge on any atom is 0.170 e. The van der Waals surface area contributed by atoms with Gasteiger partial charge in [-0.1, -0.05) is 17.7 Å². The van der Waals surface area contributed by atoms with Gasteiger partial charge in [-0.25, -0.2) is 0 Å². The Labute approximate surface area is 98.4 Å². The van der Waals surface area contributed by atoms with Gasteiger partial charge < -0.3 is 5.32 Å². The first-order valence-electron chi connectivity index (χ1n) is 4.91. The molecule has 0 aliphatic rings. The average Bonchev–Trinajstić information content (AvgIpc) is 2.71. The van der Waals surface area contributed by atoms with E-state index >= 15 is 0 Å². The summed E-state index contributed by atoms with van der Waals surface area (Å²) >= 11 is 6.06. The fraction of sp³-hybridized carbons (Fsp3) is 0.300. The SMILES string of the molecule is CNCc1nnnn1-c1cccc(Cl)c1C. The number of tetrazole rings is 1. The second-order valence-electron chi connectivity index (χ2n) is 3.42. The van der Waals surface area contributed by atoms with Crippen LogP contribution < -0.4 is 5.32 Å². The van der Waals surface area contributed by atoms with Crippen molar-refractivity contribution >= 4 is 11.6 Å². The molecule has 5 nitrogen and oxygen atoms in total. The number of hydrogen-bond donors (Lipinski definition) is 1. The molecule has 2 aromatic rings. The van der Waals surface area contributed by atoms with Crippen LogP contribution in [0.4, 0.5) is 0 Å². The standard InChI is InChI=1S/C10H12ClN5/c1-7-8(11)4-3-5-9(7)16-10(6-12-2)13-14-15-16/h3-5,12H,6H2,1-2H3. The van der Waals surface area contributed by atoms with Crippen molar-refractivity contribution in [2.45, 2.75) is 13.5 Å². The molecule has 0 atom stereocenters. The third-order valence-electron chi connectivity index (χ3n) is 2.34. The number of nitrogens with zero attached hydrogens (tertiary/aromatic N) is 4. The van der Waals surface area contributed by atoms with Crippen LogP contribution >= 0.6 is 11.6 Å². The molecule has 0 unspecified atom stereocenters. The van der Waals surface area contributed by atoms with Gasteiger partial charge in [-0.3, -0.25) is 0 Å². The number of aromatic nitrogens is 4. The normalized spacial score (nSPS) is 10.7. The minimum Gasteiger partial charge on any atom is -0.313 e. The van der Waals surface area contributed by atoms with Crippen LogP contribution in [0.5, 0.6) is 0 Å². The summed E-state index contributed by atoms with van der Waals surface area (Å²) in [7, 11) is 1.85. The summed E-state index contributed by atoms with van der Waals surface area (Å²) in [6, 6.07) is 5.68. The van der Waals surface area contributed by atoms with E-state index in [0.29, 0.717) is 11.6 Å². The molecule has 0 amide bonds. The van der Waals surface area contributed by atoms with Crippen molar-refractivity contribution in [2.24, 2.45) is 0 Å². The first kappa shape index (κ1) is 11.0. The molecular weight excluding hydrogens is 226 g/mol. The molecule has 0 saturated carbocycles. The van der Waals surface area contributed by atoms with E-state index in [-0.39, 0.29) is 0 Å². The lowest BCUT2D eigenvalue weighted by atomic mass is 10.2. The van der Waals surface area contributed by atoms with Gasteiger partial charge in [0.1, 0.15) is 0 Å². The molecule has 1 aromatic heterocycles. The topological polar surface area (TPSA) is 55.6 Å². The molecule has 0 bridgehead atoms. The minimum absolute atomic E-state index is 0.610. The van der Waals surface area contributed by atoms with Gasteiger partial charge in [0.15, 0.2) is 5.82 Å². The molecule has 1 heterocycles. The lowest BCUT2D eigenvalue weighted by Gasteiger charge is -2.08. The summed E-state index contributed by atoms with van der Waals surface area (Å²) in [5.74, 6) is 0.757. The van der Waals surface area contributed by atoms with Crippen molar-refractivity contribution in [1.29, 1.82) is 0 Å². The maximum absolute atomic E-state index is 6.06. The van der Waals surface area contributed by atoms with Crippen LogP contribution in [0.25, 0.3) is 5.69 Å². The zero-order valence-corrected chi connectivity index (χ0v) is 9.86. The van der Waals surface area contributed by atoms with E-state index in [1.54, 1.807) is 4.68 Å². The number of benzene rings is 1. The molecule has 1 N–H and O–H groups in total. The van der Waals surface area contributed by atoms with Crippen LogP contribution in [0, 0.1) is 6.92 Å². The van der Waals surface area contributed by atoms with E-state index in [2.05, 4.69) is 20.8 Å². The van der Waals surface area contributed by atoms with Gasteiger partial charge in [-0.15, -0.1) is 5.10 Å². The van der Waals surface area contributed by atoms with Crippen LogP contribution in [-0.4, -0.2) is 27.3 Å². The molecule has 6 heteroatoms. The van der Waals surface area contributed by atoms with E-state index in [1.165, 1.54) is 0 Å². The third-order valence-corrected chi connectivity index (χ3v) is 2.75. The van der Waals surface area contributed by atoms with Gasteiger partial charge in [-0.2, -0.15) is 4.68 Å². The predicted molar refractivity (Wildman–Crippen MR) is 61.7 cm³/mol. The summed E-state index contributed by atoms with van der Waals surface area (Å²) in [5, 5.41) is 15.3. The lowest BCUT2D eigenvalue weighted by Crippen LogP contribution is -2.12. The van der Waals surface area contributed by atoms with E-state index in [9.17, 15) is 0 Å². The first-order chi connectivity index (χ1) is 7.74. The summed E-state index contributed by atoms with van der Waals surface area (Å²) in [5.41, 5.74) is 1.87. The summed E-state index contributed by atoms with van der Waals surface area (Å²) in [6.45, 7) is 2.56. The smallest absolute Gasteiger partial charge is 0.170 e. The van der Waals surface area contributed by atoms with Gasteiger partial charge in [0.05, 0.1) is 12.2 Å². The Balaban J connectivity index is 2.50. The average molecular weight is 238 g/mol. The summed E-state index contributed by atoms with van der Waals surface area (Å²) < 4.78 is 1.69. The highest BCUT2D eigenvalue weighted by atomic mass is 35.5. The van der Waals surface area contributed by atoms with Crippen molar-refractivity contribution in [2.75, 3.05) is 7.05 Å². The number of hydrogen-bond acceptors (Lipinski definition) is 4. The highest BCUT2D eigenvalue weighted by molar-refractivity contribution is 6.31. The van der Waals surface area contributed by atoms with Crippen molar-refractivity contribution in [1.82, 2.24) is 25.5 Å². The lowest BCUT2D eigenvalue weighted by molar-refractivity contribution is 0.707. The minimum atomic E-state index is 0.610. The molecule has 1 aromatic carbocycles. The molecule has 16 heavy (non-hydrogen) atoms. The van der Waals surface area contributed by atoms with Gasteiger partial charge in [-0.05, 0) is 42.1 Å². The Morgan fingerprint density at radius 3 is 3.00 bits per heavy atom. The van der Waals surface area contributed by atoms with Crippen LogP contribution in [0.3, 0.4) is 0 Å². The molecule has 0 aliphatic heterocycles. The quantitative estimate of drug-likeness (QED) is 0.876. The molecule has 0 fully saturated rings. The monoisotopic (exact) mass is 237 g/mol. The largest absolute Gasteiger partial charge is 0.313 e. The third kappa shape index (κ3) is 1.91. The van der Waals surface area contributed by atoms with Crippen LogP contribution in [0.15, 0.2) is 18.2 Å². The second kappa shape index (κ2) is 4.59. The molecule has 0 aliphatic carbocycles. The first-order valence-corrected chi connectivity index (χ1v) is 5.29. The predicted octanol–water partition coefficient (Wildman–Crippen LogP) is 1.34. The van der Waals surface area contributed by atoms with Gasteiger partial charge >= 0.3 is 0 Å². The van der Waals surface area contributed by atoms with Crippen LogP contribution in [0.2, 0.25) is 5.02 Å². The highest BCUT2D eigenvalue weighted by Gasteiger charge is 2.10. The van der Waals surface area contributed by atoms with Crippen molar-refractivity contribution in [3.63, 3.8) is 0 Å². The number of nitrogens with one attached hydrogen (secondary N) is 1. The Kier molecular flexibility index (Phi) is 3.17. The number of rotatable bonds is 3. The van der Waals surface area contributed by atoms with Gasteiger partial charge in [0.2, 0.25) is 0 Å². The van der Waals surface area contributed by atoms with Crippen LogP contribution in [0.1, 0.15) is 11.4 Å².